The van der Waals surface area contributed by atoms with E-state index in [1.807, 2.05) is 48.8 Å². The second-order valence-electron chi connectivity index (χ2n) is 5.29. The summed E-state index contributed by atoms with van der Waals surface area (Å²) in [6.07, 6.45) is 3.90. The Labute approximate surface area is 122 Å². The van der Waals surface area contributed by atoms with Crippen molar-refractivity contribution in [3.05, 3.63) is 60.4 Å². The molecule has 0 atom stereocenters. The van der Waals surface area contributed by atoms with E-state index in [1.54, 1.807) is 0 Å². The van der Waals surface area contributed by atoms with Gasteiger partial charge in [-0.2, -0.15) is 0 Å². The van der Waals surface area contributed by atoms with E-state index in [9.17, 15) is 0 Å². The van der Waals surface area contributed by atoms with E-state index >= 15 is 0 Å². The zero-order valence-corrected chi connectivity index (χ0v) is 11.6. The molecule has 0 radical (unpaired) electrons. The Hall–Kier alpha value is -2.40. The van der Waals surface area contributed by atoms with Gasteiger partial charge in [0.15, 0.2) is 5.76 Å². The molecule has 0 saturated heterocycles. The first kappa shape index (κ1) is 12.3. The van der Waals surface area contributed by atoms with Crippen LogP contribution in [0.1, 0.15) is 11.6 Å². The van der Waals surface area contributed by atoms with Crippen molar-refractivity contribution in [3.8, 4) is 11.3 Å². The summed E-state index contributed by atoms with van der Waals surface area (Å²) in [4.78, 5) is 6.71. The summed E-state index contributed by atoms with van der Waals surface area (Å²) in [7, 11) is 0. The van der Waals surface area contributed by atoms with Gasteiger partial charge in [-0.1, -0.05) is 35.5 Å². The van der Waals surface area contributed by atoms with E-state index in [1.165, 1.54) is 0 Å². The Morgan fingerprint density at radius 3 is 2.95 bits per heavy atom. The molecule has 3 heterocycles. The standard InChI is InChI=1S/C16H16N4O/c1-2-4-13(5-3-1)15-10-14(21-18-15)11-19-8-9-20-7-6-17-16(20)12-19/h1-7,10H,8-9,11-12H2. The van der Waals surface area contributed by atoms with Crippen LogP contribution in [0.5, 0.6) is 0 Å². The first-order chi connectivity index (χ1) is 10.4. The third-order valence-corrected chi connectivity index (χ3v) is 3.83. The maximum absolute atomic E-state index is 5.47. The fraction of sp³-hybridized carbons (Fsp3) is 0.250. The Bertz CT molecular complexity index is 732. The zero-order valence-electron chi connectivity index (χ0n) is 11.6. The van der Waals surface area contributed by atoms with E-state index < -0.39 is 0 Å². The molecule has 1 aliphatic heterocycles. The third kappa shape index (κ3) is 2.48. The molecular weight excluding hydrogens is 264 g/mol. The molecule has 106 valence electrons. The van der Waals surface area contributed by atoms with Gasteiger partial charge in [-0.25, -0.2) is 4.98 Å². The highest BCUT2D eigenvalue weighted by atomic mass is 16.5. The maximum Gasteiger partial charge on any atom is 0.151 e. The average molecular weight is 280 g/mol. The van der Waals surface area contributed by atoms with Crippen molar-refractivity contribution >= 4 is 0 Å². The average Bonchev–Trinajstić information content (AvgIpc) is 3.17. The summed E-state index contributed by atoms with van der Waals surface area (Å²) in [6.45, 7) is 3.61. The monoisotopic (exact) mass is 280 g/mol. The second-order valence-corrected chi connectivity index (χ2v) is 5.29. The molecule has 1 aliphatic rings. The van der Waals surface area contributed by atoms with Crippen LogP contribution >= 0.6 is 0 Å². The van der Waals surface area contributed by atoms with Crippen LogP contribution in [-0.4, -0.2) is 26.2 Å². The highest BCUT2D eigenvalue weighted by Gasteiger charge is 2.18. The molecule has 0 bridgehead atoms. The van der Waals surface area contributed by atoms with E-state index in [0.29, 0.717) is 0 Å². The number of aromatic nitrogens is 3. The van der Waals surface area contributed by atoms with Crippen molar-refractivity contribution in [3.63, 3.8) is 0 Å². The lowest BCUT2D eigenvalue weighted by Gasteiger charge is -2.26. The van der Waals surface area contributed by atoms with Crippen LogP contribution < -0.4 is 0 Å². The summed E-state index contributed by atoms with van der Waals surface area (Å²) in [5.74, 6) is 2.01. The van der Waals surface area contributed by atoms with Gasteiger partial charge >= 0.3 is 0 Å². The van der Waals surface area contributed by atoms with E-state index in [4.69, 9.17) is 4.52 Å². The fourth-order valence-electron chi connectivity index (χ4n) is 2.71. The minimum atomic E-state index is 0.771. The van der Waals surface area contributed by atoms with Gasteiger partial charge in [-0.15, -0.1) is 0 Å². The van der Waals surface area contributed by atoms with Crippen LogP contribution in [0, 0.1) is 0 Å². The predicted molar refractivity (Wildman–Crippen MR) is 78.3 cm³/mol. The molecule has 0 N–H and O–H groups in total. The predicted octanol–water partition coefficient (Wildman–Crippen LogP) is 2.55. The van der Waals surface area contributed by atoms with E-state index in [-0.39, 0.29) is 0 Å². The number of hydrogen-bond donors (Lipinski definition) is 0. The van der Waals surface area contributed by atoms with Crippen molar-refractivity contribution in [1.29, 1.82) is 0 Å². The minimum absolute atomic E-state index is 0.771. The topological polar surface area (TPSA) is 47.1 Å². The number of rotatable bonds is 3. The fourth-order valence-corrected chi connectivity index (χ4v) is 2.71. The van der Waals surface area contributed by atoms with Crippen LogP contribution in [-0.2, 0) is 19.6 Å². The summed E-state index contributed by atoms with van der Waals surface area (Å²) in [6, 6.07) is 12.1. The quantitative estimate of drug-likeness (QED) is 0.739. The first-order valence-corrected chi connectivity index (χ1v) is 7.12. The van der Waals surface area contributed by atoms with Gasteiger partial charge in [-0.3, -0.25) is 4.90 Å². The van der Waals surface area contributed by atoms with Crippen LogP contribution in [0.4, 0.5) is 0 Å². The molecule has 5 heteroatoms. The molecule has 21 heavy (non-hydrogen) atoms. The van der Waals surface area contributed by atoms with Crippen LogP contribution in [0.2, 0.25) is 0 Å². The molecule has 0 unspecified atom stereocenters. The molecule has 5 nitrogen and oxygen atoms in total. The minimum Gasteiger partial charge on any atom is -0.359 e. The summed E-state index contributed by atoms with van der Waals surface area (Å²) < 4.78 is 7.67. The molecule has 0 aliphatic carbocycles. The number of imidazole rings is 1. The molecule has 3 aromatic rings. The van der Waals surface area contributed by atoms with Gasteiger partial charge in [0.25, 0.3) is 0 Å². The second kappa shape index (κ2) is 5.18. The van der Waals surface area contributed by atoms with Gasteiger partial charge in [0.2, 0.25) is 0 Å². The Kier molecular flexibility index (Phi) is 3.05. The Balaban J connectivity index is 1.48. The first-order valence-electron chi connectivity index (χ1n) is 7.12. The normalized spacial score (nSPS) is 15.0. The summed E-state index contributed by atoms with van der Waals surface area (Å²) in [5.41, 5.74) is 1.98. The lowest BCUT2D eigenvalue weighted by Crippen LogP contribution is -2.33. The van der Waals surface area contributed by atoms with Gasteiger partial charge in [0.1, 0.15) is 11.5 Å². The lowest BCUT2D eigenvalue weighted by atomic mass is 10.1. The van der Waals surface area contributed by atoms with Crippen molar-refractivity contribution < 1.29 is 4.52 Å². The van der Waals surface area contributed by atoms with E-state index in [2.05, 4.69) is 19.6 Å². The molecule has 1 aromatic carbocycles. The summed E-state index contributed by atoms with van der Waals surface area (Å²) in [5, 5.41) is 4.16. The zero-order chi connectivity index (χ0) is 14.1. The van der Waals surface area contributed by atoms with Crippen molar-refractivity contribution in [2.45, 2.75) is 19.6 Å². The van der Waals surface area contributed by atoms with Crippen molar-refractivity contribution in [2.75, 3.05) is 6.54 Å². The van der Waals surface area contributed by atoms with Crippen molar-refractivity contribution in [1.82, 2.24) is 19.6 Å². The van der Waals surface area contributed by atoms with Crippen LogP contribution in [0.25, 0.3) is 11.3 Å². The van der Waals surface area contributed by atoms with Crippen LogP contribution in [0.15, 0.2) is 53.3 Å². The lowest BCUT2D eigenvalue weighted by molar-refractivity contribution is 0.186. The molecule has 0 fully saturated rings. The van der Waals surface area contributed by atoms with Gasteiger partial charge in [-0.05, 0) is 0 Å². The van der Waals surface area contributed by atoms with Gasteiger partial charge in [0, 0.05) is 37.1 Å². The molecule has 4 rings (SSSR count). The summed E-state index contributed by atoms with van der Waals surface area (Å²) >= 11 is 0. The number of hydrogen-bond acceptors (Lipinski definition) is 4. The molecular formula is C16H16N4O. The Morgan fingerprint density at radius 2 is 2.05 bits per heavy atom. The molecule has 0 amide bonds. The number of fused-ring (bicyclic) bond motifs is 1. The van der Waals surface area contributed by atoms with Gasteiger partial charge in [0.05, 0.1) is 13.1 Å². The third-order valence-electron chi connectivity index (χ3n) is 3.83. The van der Waals surface area contributed by atoms with Crippen molar-refractivity contribution in [2.24, 2.45) is 0 Å². The maximum atomic E-state index is 5.47. The van der Waals surface area contributed by atoms with E-state index in [0.717, 1.165) is 49.0 Å². The van der Waals surface area contributed by atoms with Crippen LogP contribution in [0.3, 0.4) is 0 Å². The smallest absolute Gasteiger partial charge is 0.151 e. The highest BCUT2D eigenvalue weighted by molar-refractivity contribution is 5.58. The largest absolute Gasteiger partial charge is 0.359 e. The molecule has 0 saturated carbocycles. The highest BCUT2D eigenvalue weighted by Crippen LogP contribution is 2.20. The number of nitrogens with zero attached hydrogens (tertiary/aromatic N) is 4. The number of benzene rings is 1. The Morgan fingerprint density at radius 1 is 1.14 bits per heavy atom. The molecule has 2 aromatic heterocycles. The van der Waals surface area contributed by atoms with Gasteiger partial charge < -0.3 is 9.09 Å². The SMILES string of the molecule is c1ccc(-c2cc(CN3CCn4ccnc4C3)on2)cc1. The molecule has 0 spiro atoms.